The fraction of sp³-hybridized carbons (Fsp3) is 0.667. The van der Waals surface area contributed by atoms with Crippen LogP contribution in [0.5, 0.6) is 0 Å². The quantitative estimate of drug-likeness (QED) is 0.0292. The van der Waals surface area contributed by atoms with Crippen molar-refractivity contribution in [2.24, 2.45) is 0 Å². The second-order valence-electron chi connectivity index (χ2n) is 18.2. The van der Waals surface area contributed by atoms with Crippen molar-refractivity contribution in [3.8, 4) is 0 Å². The number of hydrogen-bond acceptors (Lipinski definition) is 6. The van der Waals surface area contributed by atoms with Gasteiger partial charge in [-0.3, -0.25) is 13.7 Å². The Balaban J connectivity index is 0.000000968. The summed E-state index contributed by atoms with van der Waals surface area (Å²) in [4.78, 5) is -0.0852. The van der Waals surface area contributed by atoms with Gasteiger partial charge >= 0.3 is 0 Å². The van der Waals surface area contributed by atoms with Crippen molar-refractivity contribution in [1.82, 2.24) is 0 Å². The Hall–Kier alpha value is -2.09. The van der Waals surface area contributed by atoms with Crippen molar-refractivity contribution in [2.45, 2.75) is 247 Å². The summed E-state index contributed by atoms with van der Waals surface area (Å²) in [5.74, 6) is 0. The van der Waals surface area contributed by atoms with Crippen molar-refractivity contribution in [3.63, 3.8) is 0 Å². The molecular formula is C54H90FeO9S3. The molecule has 0 saturated carbocycles. The van der Waals surface area contributed by atoms with E-state index in [1.807, 2.05) is 0 Å². The molecule has 0 aliphatic carbocycles. The standard InChI is InChI=1S/3C18H30O3S.Fe/c3*1-2-3-4-5-6-7-8-9-10-11-12-17-13-15-18(16-14-17)22(19,20)21;/h3*13-16H,2-12H2,1H3,(H,19,20,21);. The van der Waals surface area contributed by atoms with Crippen molar-refractivity contribution >= 4 is 30.4 Å². The molecule has 0 aliphatic rings. The van der Waals surface area contributed by atoms with E-state index >= 15 is 0 Å². The Morgan fingerprint density at radius 3 is 0.567 bits per heavy atom. The maximum Gasteiger partial charge on any atom is 0.294 e. The number of rotatable bonds is 36. The SMILES string of the molecule is CCCCCCCCCCCCc1ccc(S(=O)(=O)O)cc1.CCCCCCCCCCCCc1ccc(S(=O)(=O)O)cc1.CCCCCCCCCCCCc1ccc(S(=O)(=O)O)cc1.[Fe]. The van der Waals surface area contributed by atoms with E-state index in [2.05, 4.69) is 20.8 Å². The van der Waals surface area contributed by atoms with Gasteiger partial charge in [0.05, 0.1) is 14.7 Å². The molecule has 13 heteroatoms. The van der Waals surface area contributed by atoms with E-state index in [-0.39, 0.29) is 31.8 Å². The summed E-state index contributed by atoms with van der Waals surface area (Å²) >= 11 is 0. The van der Waals surface area contributed by atoms with Gasteiger partial charge in [0.2, 0.25) is 0 Å². The molecule has 0 amide bonds. The second-order valence-corrected chi connectivity index (χ2v) is 22.4. The predicted molar refractivity (Wildman–Crippen MR) is 275 cm³/mol. The topological polar surface area (TPSA) is 163 Å². The average molecular weight is 1040 g/mol. The van der Waals surface area contributed by atoms with Crippen LogP contribution in [0.3, 0.4) is 0 Å². The molecule has 0 aliphatic heterocycles. The Kier molecular flexibility index (Phi) is 39.4. The molecule has 0 aromatic heterocycles. The van der Waals surface area contributed by atoms with Crippen LogP contribution in [0.15, 0.2) is 87.5 Å². The van der Waals surface area contributed by atoms with Crippen molar-refractivity contribution in [2.75, 3.05) is 0 Å². The van der Waals surface area contributed by atoms with Crippen molar-refractivity contribution < 1.29 is 56.0 Å². The molecule has 386 valence electrons. The van der Waals surface area contributed by atoms with Gasteiger partial charge in [-0.05, 0) is 91.6 Å². The first-order valence-electron chi connectivity index (χ1n) is 25.8. The van der Waals surface area contributed by atoms with Gasteiger partial charge in [0.25, 0.3) is 30.4 Å². The first-order valence-corrected chi connectivity index (χ1v) is 30.1. The van der Waals surface area contributed by atoms with E-state index in [4.69, 9.17) is 13.7 Å². The van der Waals surface area contributed by atoms with Crippen LogP contribution in [0, 0.1) is 0 Å². The fourth-order valence-corrected chi connectivity index (χ4v) is 9.37. The third-order valence-corrected chi connectivity index (χ3v) is 14.7. The Bertz CT molecular complexity index is 1710. The zero-order valence-corrected chi connectivity index (χ0v) is 45.2. The van der Waals surface area contributed by atoms with Gasteiger partial charge < -0.3 is 0 Å². The van der Waals surface area contributed by atoms with Gasteiger partial charge in [-0.2, -0.15) is 25.3 Å². The van der Waals surface area contributed by atoms with Crippen LogP contribution in [0.25, 0.3) is 0 Å². The summed E-state index contributed by atoms with van der Waals surface area (Å²) in [5.41, 5.74) is 3.39. The second kappa shape index (κ2) is 40.6. The molecule has 0 heterocycles. The molecule has 3 aromatic rings. The van der Waals surface area contributed by atoms with Gasteiger partial charge in [0.15, 0.2) is 0 Å². The summed E-state index contributed by atoms with van der Waals surface area (Å²) < 4.78 is 92.4. The van der Waals surface area contributed by atoms with Gasteiger partial charge in [-0.1, -0.05) is 231 Å². The third kappa shape index (κ3) is 36.5. The van der Waals surface area contributed by atoms with Crippen LogP contribution in [-0.2, 0) is 66.7 Å². The predicted octanol–water partition coefficient (Wildman–Crippen LogP) is 16.2. The van der Waals surface area contributed by atoms with E-state index in [1.54, 1.807) is 36.4 Å². The largest absolute Gasteiger partial charge is 0.294 e. The third-order valence-electron chi connectivity index (χ3n) is 12.1. The molecule has 0 unspecified atom stereocenters. The Labute approximate surface area is 420 Å². The van der Waals surface area contributed by atoms with E-state index in [1.165, 1.54) is 210 Å². The molecule has 67 heavy (non-hydrogen) atoms. The maximum atomic E-state index is 10.9. The molecule has 0 atom stereocenters. The number of aryl methyl sites for hydroxylation is 3. The molecule has 3 N–H and O–H groups in total. The van der Waals surface area contributed by atoms with Gasteiger partial charge in [0.1, 0.15) is 0 Å². The van der Waals surface area contributed by atoms with Crippen molar-refractivity contribution in [3.05, 3.63) is 89.5 Å². The Morgan fingerprint density at radius 2 is 0.418 bits per heavy atom. The average Bonchev–Trinajstić information content (AvgIpc) is 3.28. The van der Waals surface area contributed by atoms with Gasteiger partial charge in [0, 0.05) is 17.1 Å². The summed E-state index contributed by atoms with van der Waals surface area (Å²) in [6, 6.07) is 19.6. The summed E-state index contributed by atoms with van der Waals surface area (Å²) in [6.45, 7) is 6.74. The van der Waals surface area contributed by atoms with E-state index in [9.17, 15) is 25.3 Å². The van der Waals surface area contributed by atoms with Crippen LogP contribution < -0.4 is 0 Å². The number of benzene rings is 3. The van der Waals surface area contributed by atoms with Crippen LogP contribution in [0.1, 0.15) is 230 Å². The van der Waals surface area contributed by atoms with Crippen molar-refractivity contribution in [1.29, 1.82) is 0 Å². The first-order chi connectivity index (χ1) is 31.6. The maximum absolute atomic E-state index is 10.9. The smallest absolute Gasteiger partial charge is 0.282 e. The molecule has 0 spiro atoms. The van der Waals surface area contributed by atoms with Crippen LogP contribution in [-0.4, -0.2) is 38.9 Å². The Morgan fingerprint density at radius 1 is 0.269 bits per heavy atom. The molecule has 0 radical (unpaired) electrons. The number of unbranched alkanes of at least 4 members (excludes halogenated alkanes) is 27. The normalized spacial score (nSPS) is 11.6. The van der Waals surface area contributed by atoms with Crippen LogP contribution in [0.4, 0.5) is 0 Å². The molecule has 0 bridgehead atoms. The monoisotopic (exact) mass is 1030 g/mol. The van der Waals surface area contributed by atoms with E-state index < -0.39 is 30.4 Å². The molecule has 9 nitrogen and oxygen atoms in total. The van der Waals surface area contributed by atoms with Gasteiger partial charge in [-0.15, -0.1) is 0 Å². The first kappa shape index (κ1) is 64.9. The zero-order chi connectivity index (χ0) is 48.8. The molecular weight excluding hydrogens is 945 g/mol. The summed E-state index contributed by atoms with van der Waals surface area (Å²) in [7, 11) is -12.2. The summed E-state index contributed by atoms with van der Waals surface area (Å²) in [6.07, 6.45) is 42.4. The fourth-order valence-electron chi connectivity index (χ4n) is 7.93. The van der Waals surface area contributed by atoms with Crippen LogP contribution >= 0.6 is 0 Å². The van der Waals surface area contributed by atoms with Crippen LogP contribution in [0.2, 0.25) is 0 Å². The number of hydrogen-bond donors (Lipinski definition) is 3. The molecule has 0 fully saturated rings. The molecule has 3 aromatic carbocycles. The molecule has 0 saturated heterocycles. The van der Waals surface area contributed by atoms with E-state index in [0.717, 1.165) is 55.2 Å². The minimum absolute atomic E-state index is 0. The van der Waals surface area contributed by atoms with E-state index in [0.29, 0.717) is 0 Å². The minimum Gasteiger partial charge on any atom is -0.282 e. The molecule has 3 rings (SSSR count). The summed E-state index contributed by atoms with van der Waals surface area (Å²) in [5, 5.41) is 0. The zero-order valence-electron chi connectivity index (χ0n) is 41.6. The van der Waals surface area contributed by atoms with Gasteiger partial charge in [-0.25, -0.2) is 0 Å². The minimum atomic E-state index is -4.06.